The lowest BCUT2D eigenvalue weighted by Crippen LogP contribution is -2.54. The van der Waals surface area contributed by atoms with Gasteiger partial charge in [0.05, 0.1) is 5.54 Å². The second kappa shape index (κ2) is 5.54. The molecule has 0 saturated heterocycles. The van der Waals surface area contributed by atoms with Crippen LogP contribution in [0.2, 0.25) is 0 Å². The third-order valence-electron chi connectivity index (χ3n) is 3.20. The van der Waals surface area contributed by atoms with Gasteiger partial charge < -0.3 is 10.2 Å². The fraction of sp³-hybridized carbons (Fsp3) is 0.769. The van der Waals surface area contributed by atoms with Crippen LogP contribution in [-0.2, 0) is 0 Å². The summed E-state index contributed by atoms with van der Waals surface area (Å²) in [7, 11) is 0. The van der Waals surface area contributed by atoms with Gasteiger partial charge in [0.2, 0.25) is 0 Å². The third kappa shape index (κ3) is 3.73. The molecule has 0 aromatic heterocycles. The van der Waals surface area contributed by atoms with E-state index in [1.807, 2.05) is 25.7 Å². The predicted octanol–water partition coefficient (Wildman–Crippen LogP) is 2.04. The van der Waals surface area contributed by atoms with Gasteiger partial charge in [-0.3, -0.25) is 4.90 Å². The van der Waals surface area contributed by atoms with Gasteiger partial charge in [0.1, 0.15) is 0 Å². The number of rotatable bonds is 5. The minimum atomic E-state index is -0.229. The molecule has 4 nitrogen and oxygen atoms in total. The maximum atomic E-state index is 12.0. The van der Waals surface area contributed by atoms with Gasteiger partial charge in [-0.1, -0.05) is 13.8 Å². The number of likely N-dealkylation sites (N-methyl/N-ethyl adjacent to an activating group) is 1. The summed E-state index contributed by atoms with van der Waals surface area (Å²) in [6, 6.07) is 0.0159. The summed E-state index contributed by atoms with van der Waals surface area (Å²) >= 11 is 0. The van der Waals surface area contributed by atoms with E-state index in [1.54, 1.807) is 0 Å². The van der Waals surface area contributed by atoms with Crippen molar-refractivity contribution in [3.63, 3.8) is 0 Å². The number of carbonyl (C=O) groups excluding carboxylic acids is 1. The van der Waals surface area contributed by atoms with Crippen LogP contribution in [0.1, 0.15) is 34.6 Å². The zero-order valence-electron chi connectivity index (χ0n) is 11.7. The number of hydrogen-bond acceptors (Lipinski definition) is 2. The maximum absolute atomic E-state index is 12.0. The van der Waals surface area contributed by atoms with Crippen LogP contribution in [0, 0.1) is 0 Å². The van der Waals surface area contributed by atoms with Crippen molar-refractivity contribution in [2.24, 2.45) is 0 Å². The van der Waals surface area contributed by atoms with Crippen molar-refractivity contribution in [2.75, 3.05) is 26.2 Å². The summed E-state index contributed by atoms with van der Waals surface area (Å²) in [5.74, 6) is 0. The van der Waals surface area contributed by atoms with Crippen molar-refractivity contribution in [3.8, 4) is 0 Å². The topological polar surface area (TPSA) is 35.6 Å². The van der Waals surface area contributed by atoms with E-state index in [9.17, 15) is 4.79 Å². The molecule has 0 bridgehead atoms. The SMILES string of the molecule is CCN(CC)CCN1C(=O)NC(C)(C)C=C1C. The van der Waals surface area contributed by atoms with E-state index in [1.165, 1.54) is 0 Å². The van der Waals surface area contributed by atoms with Crippen LogP contribution >= 0.6 is 0 Å². The number of hydrogen-bond donors (Lipinski definition) is 1. The molecular weight excluding hydrogens is 214 g/mol. The average molecular weight is 239 g/mol. The quantitative estimate of drug-likeness (QED) is 0.797. The first-order chi connectivity index (χ1) is 7.89. The van der Waals surface area contributed by atoms with Crippen LogP contribution < -0.4 is 5.32 Å². The molecule has 17 heavy (non-hydrogen) atoms. The lowest BCUT2D eigenvalue weighted by Gasteiger charge is -2.36. The number of nitrogens with one attached hydrogen (secondary N) is 1. The molecule has 1 heterocycles. The molecule has 2 amide bonds. The summed E-state index contributed by atoms with van der Waals surface area (Å²) in [4.78, 5) is 16.1. The summed E-state index contributed by atoms with van der Waals surface area (Å²) in [6.45, 7) is 14.0. The average Bonchev–Trinajstić information content (AvgIpc) is 2.21. The predicted molar refractivity (Wildman–Crippen MR) is 70.9 cm³/mol. The van der Waals surface area contributed by atoms with E-state index >= 15 is 0 Å². The van der Waals surface area contributed by atoms with Crippen LogP contribution in [0.3, 0.4) is 0 Å². The first kappa shape index (κ1) is 14.0. The molecule has 0 aliphatic carbocycles. The highest BCUT2D eigenvalue weighted by Gasteiger charge is 2.28. The van der Waals surface area contributed by atoms with E-state index in [0.29, 0.717) is 0 Å². The highest BCUT2D eigenvalue weighted by Crippen LogP contribution is 2.18. The maximum Gasteiger partial charge on any atom is 0.322 e. The zero-order valence-corrected chi connectivity index (χ0v) is 11.7. The highest BCUT2D eigenvalue weighted by atomic mass is 16.2. The van der Waals surface area contributed by atoms with Gasteiger partial charge in [-0.2, -0.15) is 0 Å². The Morgan fingerprint density at radius 2 is 1.94 bits per heavy atom. The Morgan fingerprint density at radius 1 is 1.35 bits per heavy atom. The van der Waals surface area contributed by atoms with E-state index < -0.39 is 0 Å². The van der Waals surface area contributed by atoms with Crippen molar-refractivity contribution >= 4 is 6.03 Å². The van der Waals surface area contributed by atoms with Crippen LogP contribution in [0.5, 0.6) is 0 Å². The fourth-order valence-corrected chi connectivity index (χ4v) is 2.20. The Balaban J connectivity index is 2.63. The normalized spacial score (nSPS) is 19.3. The number of carbonyl (C=O) groups is 1. The molecule has 0 fully saturated rings. The largest absolute Gasteiger partial charge is 0.329 e. The molecule has 0 aromatic rings. The molecule has 1 aliphatic heterocycles. The number of allylic oxidation sites excluding steroid dienone is 1. The molecule has 1 aliphatic rings. The smallest absolute Gasteiger partial charge is 0.322 e. The molecule has 0 atom stereocenters. The van der Waals surface area contributed by atoms with Crippen LogP contribution in [-0.4, -0.2) is 47.5 Å². The second-order valence-corrected chi connectivity index (χ2v) is 5.12. The summed E-state index contributed by atoms with van der Waals surface area (Å²) in [6.07, 6.45) is 2.11. The fourth-order valence-electron chi connectivity index (χ4n) is 2.20. The molecule has 0 unspecified atom stereocenters. The molecule has 0 saturated carbocycles. The van der Waals surface area contributed by atoms with Crippen molar-refractivity contribution in [1.82, 2.24) is 15.1 Å². The minimum Gasteiger partial charge on any atom is -0.329 e. The van der Waals surface area contributed by atoms with Gasteiger partial charge >= 0.3 is 6.03 Å². The summed E-state index contributed by atoms with van der Waals surface area (Å²) in [5, 5.41) is 2.99. The first-order valence-corrected chi connectivity index (χ1v) is 6.41. The van der Waals surface area contributed by atoms with Crippen molar-refractivity contribution in [3.05, 3.63) is 11.8 Å². The van der Waals surface area contributed by atoms with Crippen LogP contribution in [0.25, 0.3) is 0 Å². The first-order valence-electron chi connectivity index (χ1n) is 6.41. The monoisotopic (exact) mass is 239 g/mol. The van der Waals surface area contributed by atoms with Crippen molar-refractivity contribution < 1.29 is 4.79 Å². The molecule has 98 valence electrons. The molecule has 0 radical (unpaired) electrons. The Labute approximate surface area is 105 Å². The standard InChI is InChI=1S/C13H25N3O/c1-6-15(7-2)8-9-16-11(3)10-13(4,5)14-12(16)17/h10H,6-9H2,1-5H3,(H,14,17). The van der Waals surface area contributed by atoms with Gasteiger partial charge in [-0.05, 0) is 39.9 Å². The van der Waals surface area contributed by atoms with Crippen molar-refractivity contribution in [1.29, 1.82) is 0 Å². The number of amides is 2. The second-order valence-electron chi connectivity index (χ2n) is 5.12. The Bertz CT molecular complexity index is 306. The highest BCUT2D eigenvalue weighted by molar-refractivity contribution is 5.78. The van der Waals surface area contributed by atoms with E-state index in [-0.39, 0.29) is 11.6 Å². The van der Waals surface area contributed by atoms with Gasteiger partial charge in [0.15, 0.2) is 0 Å². The van der Waals surface area contributed by atoms with Gasteiger partial charge in [-0.25, -0.2) is 4.79 Å². The Hall–Kier alpha value is -1.03. The van der Waals surface area contributed by atoms with E-state index in [4.69, 9.17) is 0 Å². The third-order valence-corrected chi connectivity index (χ3v) is 3.20. The lowest BCUT2D eigenvalue weighted by atomic mass is 10.0. The molecule has 1 N–H and O–H groups in total. The van der Waals surface area contributed by atoms with E-state index in [2.05, 4.69) is 30.1 Å². The van der Waals surface area contributed by atoms with Gasteiger partial charge in [0, 0.05) is 18.8 Å². The minimum absolute atomic E-state index is 0.0159. The van der Waals surface area contributed by atoms with Gasteiger partial charge in [0.25, 0.3) is 0 Å². The number of urea groups is 1. The summed E-state index contributed by atoms with van der Waals surface area (Å²) < 4.78 is 0. The number of nitrogens with zero attached hydrogens (tertiary/aromatic N) is 2. The Morgan fingerprint density at radius 3 is 2.41 bits per heavy atom. The van der Waals surface area contributed by atoms with Crippen LogP contribution in [0.4, 0.5) is 4.79 Å². The van der Waals surface area contributed by atoms with Crippen LogP contribution in [0.15, 0.2) is 11.8 Å². The van der Waals surface area contributed by atoms with Crippen molar-refractivity contribution in [2.45, 2.75) is 40.2 Å². The Kier molecular flexibility index (Phi) is 4.57. The van der Waals surface area contributed by atoms with Gasteiger partial charge in [-0.15, -0.1) is 0 Å². The molecule has 0 aromatic carbocycles. The summed E-state index contributed by atoms with van der Waals surface area (Å²) in [5.41, 5.74) is 0.818. The van der Waals surface area contributed by atoms with E-state index in [0.717, 1.165) is 31.9 Å². The molecule has 0 spiro atoms. The molecule has 4 heteroatoms. The zero-order chi connectivity index (χ0) is 13.1. The molecular formula is C13H25N3O. The molecule has 1 rings (SSSR count). The lowest BCUT2D eigenvalue weighted by molar-refractivity contribution is 0.187.